The van der Waals surface area contributed by atoms with Crippen molar-refractivity contribution in [3.8, 4) is 0 Å². The van der Waals surface area contributed by atoms with Crippen LogP contribution in [-0.2, 0) is 9.53 Å². The molecule has 0 aromatic heterocycles. The second-order valence-electron chi connectivity index (χ2n) is 5.40. The maximum Gasteiger partial charge on any atom is 0.283 e. The molecule has 1 atom stereocenters. The Kier molecular flexibility index (Phi) is 3.80. The molecule has 1 aliphatic carbocycles. The van der Waals surface area contributed by atoms with Gasteiger partial charge in [0.05, 0.1) is 13.2 Å². The predicted molar refractivity (Wildman–Crippen MR) is 71.9 cm³/mol. The third-order valence-electron chi connectivity index (χ3n) is 3.86. The smallest absolute Gasteiger partial charge is 0.283 e. The van der Waals surface area contributed by atoms with Crippen LogP contribution in [0.4, 0.5) is 0 Å². The molecule has 0 radical (unpaired) electrons. The number of ether oxygens (including phenoxy) is 1. The van der Waals surface area contributed by atoms with E-state index in [1.807, 2.05) is 18.2 Å². The van der Waals surface area contributed by atoms with Crippen molar-refractivity contribution in [2.45, 2.75) is 24.9 Å². The summed E-state index contributed by atoms with van der Waals surface area (Å²) in [6.45, 7) is 3.29. The molecule has 1 aromatic carbocycles. The summed E-state index contributed by atoms with van der Waals surface area (Å²) in [4.78, 5) is 13.8. The number of benzene rings is 1. The van der Waals surface area contributed by atoms with E-state index in [1.165, 1.54) is 4.90 Å². The average molecular weight is 261 g/mol. The summed E-state index contributed by atoms with van der Waals surface area (Å²) in [5.74, 6) is 0.172. The van der Waals surface area contributed by atoms with Crippen molar-refractivity contribution in [1.82, 2.24) is 5.32 Å². The van der Waals surface area contributed by atoms with Gasteiger partial charge in [0.2, 0.25) is 0 Å². The minimum atomic E-state index is -0.0919. The third kappa shape index (κ3) is 3.14. The lowest BCUT2D eigenvalue weighted by atomic mass is 10.0. The lowest BCUT2D eigenvalue weighted by Crippen LogP contribution is -3.15. The number of morpholine rings is 1. The van der Waals surface area contributed by atoms with Crippen LogP contribution in [0.15, 0.2) is 30.3 Å². The first-order valence-electron chi connectivity index (χ1n) is 7.12. The Hall–Kier alpha value is -1.39. The largest absolute Gasteiger partial charge is 0.370 e. The van der Waals surface area contributed by atoms with Crippen LogP contribution in [0.1, 0.15) is 24.4 Å². The van der Waals surface area contributed by atoms with E-state index in [4.69, 9.17) is 4.74 Å². The molecular weight excluding hydrogens is 240 g/mol. The summed E-state index contributed by atoms with van der Waals surface area (Å²) < 4.78 is 5.41. The highest BCUT2D eigenvalue weighted by atomic mass is 16.5. The summed E-state index contributed by atoms with van der Waals surface area (Å²) in [6.07, 6.45) is 2.26. The van der Waals surface area contributed by atoms with E-state index in [0.717, 1.165) is 44.7 Å². The fourth-order valence-corrected chi connectivity index (χ4v) is 2.65. The SMILES string of the molecule is O=C(NC1CC1)[C@@H](c1ccccc1)[NH+]1CCOCC1. The molecule has 2 aliphatic rings. The first-order chi connectivity index (χ1) is 9.34. The van der Waals surface area contributed by atoms with Gasteiger partial charge in [0.15, 0.2) is 6.04 Å². The minimum Gasteiger partial charge on any atom is -0.370 e. The van der Waals surface area contributed by atoms with Crippen molar-refractivity contribution in [2.75, 3.05) is 26.3 Å². The first kappa shape index (κ1) is 12.6. The molecule has 102 valence electrons. The molecule has 1 aliphatic heterocycles. The van der Waals surface area contributed by atoms with Gasteiger partial charge in [0, 0.05) is 11.6 Å². The van der Waals surface area contributed by atoms with E-state index < -0.39 is 0 Å². The lowest BCUT2D eigenvalue weighted by molar-refractivity contribution is -0.929. The Morgan fingerprint density at radius 3 is 2.53 bits per heavy atom. The number of quaternary nitrogens is 1. The van der Waals surface area contributed by atoms with E-state index >= 15 is 0 Å². The van der Waals surface area contributed by atoms with E-state index in [0.29, 0.717) is 6.04 Å². The van der Waals surface area contributed by atoms with Gasteiger partial charge in [-0.25, -0.2) is 0 Å². The molecule has 2 N–H and O–H groups in total. The van der Waals surface area contributed by atoms with Crippen molar-refractivity contribution < 1.29 is 14.4 Å². The van der Waals surface area contributed by atoms with Crippen molar-refractivity contribution in [1.29, 1.82) is 0 Å². The summed E-state index contributed by atoms with van der Waals surface area (Å²) in [6, 6.07) is 10.4. The zero-order valence-corrected chi connectivity index (χ0v) is 11.1. The second-order valence-corrected chi connectivity index (χ2v) is 5.40. The monoisotopic (exact) mass is 261 g/mol. The van der Waals surface area contributed by atoms with Crippen molar-refractivity contribution in [3.63, 3.8) is 0 Å². The molecule has 0 bridgehead atoms. The number of hydrogen-bond acceptors (Lipinski definition) is 2. The molecule has 1 saturated carbocycles. The zero-order valence-electron chi connectivity index (χ0n) is 11.1. The highest BCUT2D eigenvalue weighted by Crippen LogP contribution is 2.20. The number of hydrogen-bond donors (Lipinski definition) is 2. The number of carbonyl (C=O) groups excluding carboxylic acids is 1. The topological polar surface area (TPSA) is 42.8 Å². The van der Waals surface area contributed by atoms with Crippen LogP contribution in [0.5, 0.6) is 0 Å². The molecule has 1 saturated heterocycles. The van der Waals surface area contributed by atoms with Gasteiger partial charge in [0.1, 0.15) is 13.1 Å². The molecule has 0 spiro atoms. The molecule has 19 heavy (non-hydrogen) atoms. The van der Waals surface area contributed by atoms with E-state index in [-0.39, 0.29) is 11.9 Å². The maximum atomic E-state index is 12.5. The van der Waals surface area contributed by atoms with Gasteiger partial charge in [-0.15, -0.1) is 0 Å². The van der Waals surface area contributed by atoms with Crippen LogP contribution < -0.4 is 10.2 Å². The molecular formula is C15H21N2O2+. The van der Waals surface area contributed by atoms with Gasteiger partial charge < -0.3 is 15.0 Å². The van der Waals surface area contributed by atoms with E-state index in [9.17, 15) is 4.79 Å². The van der Waals surface area contributed by atoms with Crippen LogP contribution in [0.2, 0.25) is 0 Å². The average Bonchev–Trinajstić information content (AvgIpc) is 3.25. The lowest BCUT2D eigenvalue weighted by Gasteiger charge is -2.30. The molecule has 1 aromatic rings. The quantitative estimate of drug-likeness (QED) is 0.796. The molecule has 1 amide bonds. The van der Waals surface area contributed by atoms with Gasteiger partial charge in [-0.1, -0.05) is 30.3 Å². The fraction of sp³-hybridized carbons (Fsp3) is 0.533. The van der Waals surface area contributed by atoms with Crippen LogP contribution in [-0.4, -0.2) is 38.3 Å². The van der Waals surface area contributed by atoms with Crippen LogP contribution >= 0.6 is 0 Å². The van der Waals surface area contributed by atoms with Crippen molar-refractivity contribution in [3.05, 3.63) is 35.9 Å². The van der Waals surface area contributed by atoms with Crippen molar-refractivity contribution >= 4 is 5.91 Å². The Bertz CT molecular complexity index is 425. The maximum absolute atomic E-state index is 12.5. The summed E-state index contributed by atoms with van der Waals surface area (Å²) in [5.41, 5.74) is 1.11. The van der Waals surface area contributed by atoms with Crippen LogP contribution in [0.3, 0.4) is 0 Å². The Balaban J connectivity index is 1.79. The molecule has 2 fully saturated rings. The second kappa shape index (κ2) is 5.72. The highest BCUT2D eigenvalue weighted by molar-refractivity contribution is 5.82. The predicted octanol–water partition coefficient (Wildman–Crippen LogP) is -0.0786. The minimum absolute atomic E-state index is 0.0919. The number of rotatable bonds is 4. The zero-order chi connectivity index (χ0) is 13.1. The van der Waals surface area contributed by atoms with Crippen LogP contribution in [0, 0.1) is 0 Å². The number of amides is 1. The summed E-state index contributed by atoms with van der Waals surface area (Å²) >= 11 is 0. The first-order valence-corrected chi connectivity index (χ1v) is 7.12. The third-order valence-corrected chi connectivity index (χ3v) is 3.86. The van der Waals surface area contributed by atoms with Gasteiger partial charge in [-0.2, -0.15) is 0 Å². The summed E-state index contributed by atoms with van der Waals surface area (Å²) in [5, 5.41) is 3.15. The van der Waals surface area contributed by atoms with Gasteiger partial charge >= 0.3 is 0 Å². The van der Waals surface area contributed by atoms with E-state index in [1.54, 1.807) is 0 Å². The van der Waals surface area contributed by atoms with Crippen LogP contribution in [0.25, 0.3) is 0 Å². The standard InChI is InChI=1S/C15H20N2O2/c18-15(16-13-6-7-13)14(12-4-2-1-3-5-12)17-8-10-19-11-9-17/h1-5,13-14H,6-11H2,(H,16,18)/p+1/t14-/m1/s1. The molecule has 3 rings (SSSR count). The molecule has 1 heterocycles. The molecule has 4 heteroatoms. The number of carbonyl (C=O) groups is 1. The highest BCUT2D eigenvalue weighted by Gasteiger charge is 2.35. The normalized spacial score (nSPS) is 21.9. The molecule has 0 unspecified atom stereocenters. The van der Waals surface area contributed by atoms with Gasteiger partial charge in [-0.05, 0) is 12.8 Å². The Labute approximate surface area is 113 Å². The summed E-state index contributed by atoms with van der Waals surface area (Å²) in [7, 11) is 0. The molecule has 4 nitrogen and oxygen atoms in total. The Morgan fingerprint density at radius 2 is 1.89 bits per heavy atom. The van der Waals surface area contributed by atoms with Gasteiger partial charge in [-0.3, -0.25) is 4.79 Å². The number of nitrogens with one attached hydrogen (secondary N) is 2. The van der Waals surface area contributed by atoms with Gasteiger partial charge in [0.25, 0.3) is 5.91 Å². The van der Waals surface area contributed by atoms with E-state index in [2.05, 4.69) is 17.4 Å². The Morgan fingerprint density at radius 1 is 1.21 bits per heavy atom. The fourth-order valence-electron chi connectivity index (χ4n) is 2.65. The van der Waals surface area contributed by atoms with Crippen molar-refractivity contribution in [2.24, 2.45) is 0 Å².